The van der Waals surface area contributed by atoms with E-state index in [0.29, 0.717) is 5.75 Å². The van der Waals surface area contributed by atoms with E-state index in [0.717, 1.165) is 5.56 Å². The molecule has 1 aliphatic rings. The second-order valence-electron chi connectivity index (χ2n) is 4.66. The van der Waals surface area contributed by atoms with Gasteiger partial charge in [-0.3, -0.25) is 9.45 Å². The van der Waals surface area contributed by atoms with E-state index in [1.807, 2.05) is 24.3 Å². The molecule has 2 amide bonds. The molecule has 0 aromatic heterocycles. The van der Waals surface area contributed by atoms with Gasteiger partial charge in [-0.05, 0) is 40.3 Å². The van der Waals surface area contributed by atoms with Crippen molar-refractivity contribution >= 4 is 68.3 Å². The van der Waals surface area contributed by atoms with Crippen molar-refractivity contribution in [3.8, 4) is 5.75 Å². The summed E-state index contributed by atoms with van der Waals surface area (Å²) in [5.74, 6) is 0.701. The first-order chi connectivity index (χ1) is 10.8. The summed E-state index contributed by atoms with van der Waals surface area (Å²) in [6.07, 6.45) is 1.32. The van der Waals surface area contributed by atoms with Gasteiger partial charge in [0.05, 0.1) is 13.7 Å². The van der Waals surface area contributed by atoms with Gasteiger partial charge in [-0.25, -0.2) is 4.79 Å². The van der Waals surface area contributed by atoms with Gasteiger partial charge in [0.25, 0.3) is 10.1 Å². The average Bonchev–Trinajstić information content (AvgIpc) is 2.49. The summed E-state index contributed by atoms with van der Waals surface area (Å²) < 4.78 is 42.1. The Labute approximate surface area is 175 Å². The first-order valence-electron chi connectivity index (χ1n) is 6.42. The molecule has 1 aromatic carbocycles. The molecule has 2 rings (SSSR count). The Morgan fingerprint density at radius 3 is 2.75 bits per heavy atom. The predicted molar refractivity (Wildman–Crippen MR) is 97.6 cm³/mol. The molecule has 8 nitrogen and oxygen atoms in total. The molecule has 0 saturated carbocycles. The average molecular weight is 478 g/mol. The zero-order valence-corrected chi connectivity index (χ0v) is 15.1. The van der Waals surface area contributed by atoms with Crippen LogP contribution in [0.3, 0.4) is 0 Å². The number of methoxy groups -OCH3 is 1. The minimum atomic E-state index is -4.39. The summed E-state index contributed by atoms with van der Waals surface area (Å²) >= 11 is 1.74. The molecule has 1 unspecified atom stereocenters. The molecule has 0 saturated heterocycles. The predicted octanol–water partition coefficient (Wildman–Crippen LogP) is 1.04. The second kappa shape index (κ2) is 9.36. The van der Waals surface area contributed by atoms with Crippen LogP contribution in [0.5, 0.6) is 5.75 Å². The number of benzene rings is 1. The van der Waals surface area contributed by atoms with Crippen molar-refractivity contribution in [3.63, 3.8) is 0 Å². The summed E-state index contributed by atoms with van der Waals surface area (Å²) in [5, 5.41) is 0.757. The number of rotatable bonds is 6. The van der Waals surface area contributed by atoms with Gasteiger partial charge in [-0.1, -0.05) is 12.1 Å². The molecule has 1 aliphatic heterocycles. The van der Waals surface area contributed by atoms with Gasteiger partial charge in [0.1, 0.15) is 12.5 Å². The molecule has 1 heterocycles. The number of halogens is 1. The molecule has 0 spiro atoms. The third kappa shape index (κ3) is 5.86. The zero-order valence-electron chi connectivity index (χ0n) is 12.1. The number of carbonyl (C=O) groups is 1. The number of carbonyl (C=O) groups excluding carboxylic acids is 1. The van der Waals surface area contributed by atoms with Crippen molar-refractivity contribution in [3.05, 3.63) is 39.6 Å². The van der Waals surface area contributed by atoms with Crippen molar-refractivity contribution in [1.82, 2.24) is 10.2 Å². The quantitative estimate of drug-likeness (QED) is 0.360. The first kappa shape index (κ1) is 21.7. The van der Waals surface area contributed by atoms with Crippen LogP contribution >= 0.6 is 22.6 Å². The molecule has 1 aromatic rings. The first-order valence-corrected chi connectivity index (χ1v) is 9.01. The van der Waals surface area contributed by atoms with Crippen molar-refractivity contribution < 1.29 is 27.2 Å². The molecule has 0 radical (unpaired) electrons. The fourth-order valence-electron chi connectivity index (χ4n) is 1.88. The van der Waals surface area contributed by atoms with Crippen molar-refractivity contribution in [2.75, 3.05) is 13.8 Å². The molecular formula is C13H16IN2NaO6S. The zero-order chi connectivity index (χ0) is 17.0. The Morgan fingerprint density at radius 2 is 2.12 bits per heavy atom. The fraction of sp³-hybridized carbons (Fsp3) is 0.308. The summed E-state index contributed by atoms with van der Waals surface area (Å²) in [6.45, 7) is 0.195. The van der Waals surface area contributed by atoms with Crippen molar-refractivity contribution in [2.45, 2.75) is 12.0 Å². The van der Waals surface area contributed by atoms with Gasteiger partial charge in [-0.2, -0.15) is 8.42 Å². The maximum atomic E-state index is 11.8. The molecule has 0 aliphatic carbocycles. The molecule has 11 heteroatoms. The van der Waals surface area contributed by atoms with E-state index in [9.17, 15) is 13.2 Å². The molecule has 128 valence electrons. The number of hydrogen-bond donors (Lipinski definition) is 2. The van der Waals surface area contributed by atoms with Gasteiger partial charge in [0.2, 0.25) is 0 Å². The van der Waals surface area contributed by atoms with Crippen molar-refractivity contribution in [1.29, 1.82) is 0 Å². The van der Waals surface area contributed by atoms with E-state index in [2.05, 4.69) is 5.32 Å². The third-order valence-corrected chi connectivity index (χ3v) is 5.27. The Kier molecular flexibility index (Phi) is 8.45. The molecule has 0 bridgehead atoms. The number of amides is 2. The van der Waals surface area contributed by atoms with Crippen LogP contribution in [0.25, 0.3) is 0 Å². The minimum absolute atomic E-state index is 0. The standard InChI is InChI=1S/C13H15IN2O6S.Na.H/c1-21-10-4-2-3-9(5-10)7-22-8-16-6-11(14)12(15-13(16)17)23(18,19)20;;/h2-6,12H,7-8H2,1H3,(H,15,17)(H,18,19,20);;. The van der Waals surface area contributed by atoms with Crippen LogP contribution in [0.15, 0.2) is 34.0 Å². The van der Waals surface area contributed by atoms with E-state index in [1.165, 1.54) is 11.1 Å². The van der Waals surface area contributed by atoms with Crippen LogP contribution in [-0.4, -0.2) is 72.7 Å². The van der Waals surface area contributed by atoms with Gasteiger partial charge < -0.3 is 14.8 Å². The van der Waals surface area contributed by atoms with Crippen LogP contribution in [0, 0.1) is 0 Å². The van der Waals surface area contributed by atoms with Gasteiger partial charge in [0, 0.05) is 9.78 Å². The maximum absolute atomic E-state index is 11.8. The van der Waals surface area contributed by atoms with Crippen LogP contribution in [-0.2, 0) is 21.5 Å². The fourth-order valence-corrected chi connectivity index (χ4v) is 3.93. The monoisotopic (exact) mass is 478 g/mol. The van der Waals surface area contributed by atoms with E-state index in [4.69, 9.17) is 14.0 Å². The normalized spacial score (nSPS) is 17.6. The number of ether oxygens (including phenoxy) is 2. The van der Waals surface area contributed by atoms with Crippen LogP contribution in [0.4, 0.5) is 4.79 Å². The van der Waals surface area contributed by atoms with Gasteiger partial charge in [-0.15, -0.1) is 0 Å². The van der Waals surface area contributed by atoms with Crippen LogP contribution in [0.2, 0.25) is 0 Å². The van der Waals surface area contributed by atoms with Crippen LogP contribution < -0.4 is 10.1 Å². The number of nitrogens with zero attached hydrogens (tertiary/aromatic N) is 1. The van der Waals surface area contributed by atoms with Gasteiger partial charge in [0.15, 0.2) is 5.37 Å². The number of hydrogen-bond acceptors (Lipinski definition) is 5. The van der Waals surface area contributed by atoms with Gasteiger partial charge >= 0.3 is 35.6 Å². The van der Waals surface area contributed by atoms with E-state index in [1.54, 1.807) is 29.7 Å². The SMILES string of the molecule is COc1cccc(COCN2C=C(I)C(S(=O)(=O)O)NC2=O)c1.[NaH]. The third-order valence-electron chi connectivity index (χ3n) is 2.98. The van der Waals surface area contributed by atoms with E-state index >= 15 is 0 Å². The summed E-state index contributed by atoms with van der Waals surface area (Å²) in [4.78, 5) is 13.0. The Balaban J connectivity index is 0.00000288. The Morgan fingerprint density at radius 1 is 1.42 bits per heavy atom. The van der Waals surface area contributed by atoms with E-state index in [-0.39, 0.29) is 46.5 Å². The number of nitrogens with one attached hydrogen (secondary N) is 1. The van der Waals surface area contributed by atoms with Crippen molar-refractivity contribution in [2.24, 2.45) is 0 Å². The van der Waals surface area contributed by atoms with Crippen LogP contribution in [0.1, 0.15) is 5.56 Å². The molecule has 24 heavy (non-hydrogen) atoms. The molecule has 0 fully saturated rings. The second-order valence-corrected chi connectivity index (χ2v) is 7.40. The Hall–Kier alpha value is -0.370. The van der Waals surface area contributed by atoms with E-state index < -0.39 is 21.5 Å². The molecule has 2 N–H and O–H groups in total. The molecular weight excluding hydrogens is 462 g/mol. The summed E-state index contributed by atoms with van der Waals surface area (Å²) in [7, 11) is -2.83. The Bertz CT molecular complexity index is 727. The summed E-state index contributed by atoms with van der Waals surface area (Å²) in [5.41, 5.74) is 0.872. The topological polar surface area (TPSA) is 105 Å². The summed E-state index contributed by atoms with van der Waals surface area (Å²) in [6, 6.07) is 6.63. The molecule has 1 atom stereocenters. The number of urea groups is 1.